The first-order valence-electron chi connectivity index (χ1n) is 12.9. The number of hydrogen-bond donors (Lipinski definition) is 0. The smallest absolute Gasteiger partial charge is 0.338 e. The highest BCUT2D eigenvalue weighted by molar-refractivity contribution is 5.89. The van der Waals surface area contributed by atoms with Crippen molar-refractivity contribution < 1.29 is 33.2 Å². The summed E-state index contributed by atoms with van der Waals surface area (Å²) in [5.74, 6) is -0.412. The van der Waals surface area contributed by atoms with Crippen molar-refractivity contribution in [2.45, 2.75) is 96.4 Å². The van der Waals surface area contributed by atoms with Crippen LogP contribution in [0.15, 0.2) is 30.3 Å². The molecule has 1 aliphatic rings. The SMILES string of the molecule is CCCCOC[C@H]1O[C@@H](OC)[C@H](OC(=O)c2ccccc2)C[C@@H](OCCCC)[C@@H]1OCCCC. The molecule has 194 valence electrons. The van der Waals surface area contributed by atoms with Gasteiger partial charge in [-0.05, 0) is 31.4 Å². The van der Waals surface area contributed by atoms with E-state index >= 15 is 0 Å². The van der Waals surface area contributed by atoms with Gasteiger partial charge in [0.2, 0.25) is 0 Å². The molecule has 0 saturated carbocycles. The Bertz CT molecular complexity index is 654. The van der Waals surface area contributed by atoms with Gasteiger partial charge >= 0.3 is 5.97 Å². The first kappa shape index (κ1) is 28.7. The molecule has 0 bridgehead atoms. The maximum absolute atomic E-state index is 12.8. The van der Waals surface area contributed by atoms with Gasteiger partial charge in [0.15, 0.2) is 12.4 Å². The molecule has 0 unspecified atom stereocenters. The summed E-state index contributed by atoms with van der Waals surface area (Å²) < 4.78 is 36.5. The third kappa shape index (κ3) is 9.62. The van der Waals surface area contributed by atoms with Gasteiger partial charge in [-0.1, -0.05) is 58.2 Å². The van der Waals surface area contributed by atoms with Crippen LogP contribution in [-0.4, -0.2) is 70.2 Å². The number of benzene rings is 1. The van der Waals surface area contributed by atoms with Gasteiger partial charge in [-0.3, -0.25) is 0 Å². The second kappa shape index (κ2) is 17.0. The Labute approximate surface area is 205 Å². The number of hydrogen-bond acceptors (Lipinski definition) is 7. The lowest BCUT2D eigenvalue weighted by atomic mass is 10.0. The van der Waals surface area contributed by atoms with Crippen LogP contribution in [0.3, 0.4) is 0 Å². The van der Waals surface area contributed by atoms with E-state index in [-0.39, 0.29) is 12.2 Å². The van der Waals surface area contributed by atoms with Crippen molar-refractivity contribution in [3.63, 3.8) is 0 Å². The molecule has 1 aromatic carbocycles. The van der Waals surface area contributed by atoms with E-state index in [0.29, 0.717) is 38.4 Å². The molecule has 0 aliphatic carbocycles. The molecule has 34 heavy (non-hydrogen) atoms. The van der Waals surface area contributed by atoms with E-state index in [1.807, 2.05) is 18.2 Å². The molecule has 0 amide bonds. The topological polar surface area (TPSA) is 72.5 Å². The number of esters is 1. The summed E-state index contributed by atoms with van der Waals surface area (Å²) in [6.07, 6.45) is 3.98. The summed E-state index contributed by atoms with van der Waals surface area (Å²) in [4.78, 5) is 12.8. The van der Waals surface area contributed by atoms with Crippen molar-refractivity contribution in [1.82, 2.24) is 0 Å². The van der Waals surface area contributed by atoms with E-state index in [4.69, 9.17) is 28.4 Å². The van der Waals surface area contributed by atoms with Crippen LogP contribution in [0, 0.1) is 0 Å². The van der Waals surface area contributed by atoms with Gasteiger partial charge in [-0.25, -0.2) is 4.79 Å². The summed E-state index contributed by atoms with van der Waals surface area (Å²) in [5, 5.41) is 0. The van der Waals surface area contributed by atoms with Crippen LogP contribution < -0.4 is 0 Å². The number of ether oxygens (including phenoxy) is 6. The summed E-state index contributed by atoms with van der Waals surface area (Å²) >= 11 is 0. The molecular weight excluding hydrogens is 436 g/mol. The highest BCUT2D eigenvalue weighted by Gasteiger charge is 2.43. The molecule has 0 spiro atoms. The Morgan fingerprint density at radius 1 is 0.912 bits per heavy atom. The van der Waals surface area contributed by atoms with Crippen LogP contribution >= 0.6 is 0 Å². The molecule has 0 aromatic heterocycles. The standard InChI is InChI=1S/C27H44O7/c1-5-8-16-30-20-24-25(32-18-10-7-3)22(31-17-9-6-2)19-23(27(29-4)34-24)33-26(28)21-14-12-11-13-15-21/h11-15,22-25,27H,5-10,16-20H2,1-4H3/t22-,23-,24-,25+,27-/m1/s1. The van der Waals surface area contributed by atoms with Crippen molar-refractivity contribution >= 4 is 5.97 Å². The Morgan fingerprint density at radius 3 is 2.21 bits per heavy atom. The minimum absolute atomic E-state index is 0.308. The largest absolute Gasteiger partial charge is 0.453 e. The fourth-order valence-corrected chi connectivity index (χ4v) is 3.84. The minimum atomic E-state index is -0.746. The van der Waals surface area contributed by atoms with E-state index in [1.165, 1.54) is 0 Å². The molecule has 1 aliphatic heterocycles. The van der Waals surface area contributed by atoms with Gasteiger partial charge in [-0.2, -0.15) is 0 Å². The van der Waals surface area contributed by atoms with E-state index in [9.17, 15) is 4.79 Å². The summed E-state index contributed by atoms with van der Waals surface area (Å²) in [6, 6.07) is 8.95. The highest BCUT2D eigenvalue weighted by atomic mass is 16.7. The second-order valence-electron chi connectivity index (χ2n) is 8.70. The van der Waals surface area contributed by atoms with Gasteiger partial charge in [-0.15, -0.1) is 0 Å². The van der Waals surface area contributed by atoms with Crippen molar-refractivity contribution in [3.8, 4) is 0 Å². The zero-order valence-corrected chi connectivity index (χ0v) is 21.4. The fourth-order valence-electron chi connectivity index (χ4n) is 3.84. The Hall–Kier alpha value is -1.51. The number of carbonyl (C=O) groups excluding carboxylic acids is 1. The minimum Gasteiger partial charge on any atom is -0.453 e. The molecule has 5 atom stereocenters. The Balaban J connectivity index is 2.23. The van der Waals surface area contributed by atoms with Gasteiger partial charge in [0.1, 0.15) is 12.2 Å². The van der Waals surface area contributed by atoms with Crippen molar-refractivity contribution in [1.29, 1.82) is 0 Å². The summed E-state index contributed by atoms with van der Waals surface area (Å²) in [7, 11) is 1.56. The maximum atomic E-state index is 12.8. The van der Waals surface area contributed by atoms with Gasteiger partial charge in [0.05, 0.1) is 18.3 Å². The van der Waals surface area contributed by atoms with Gasteiger partial charge in [0.25, 0.3) is 0 Å². The van der Waals surface area contributed by atoms with Crippen LogP contribution in [0.2, 0.25) is 0 Å². The second-order valence-corrected chi connectivity index (χ2v) is 8.70. The average Bonchev–Trinajstić information content (AvgIpc) is 2.99. The zero-order valence-electron chi connectivity index (χ0n) is 21.4. The maximum Gasteiger partial charge on any atom is 0.338 e. The normalized spacial score (nSPS) is 25.1. The molecule has 0 N–H and O–H groups in total. The van der Waals surface area contributed by atoms with E-state index in [1.54, 1.807) is 19.2 Å². The van der Waals surface area contributed by atoms with Crippen LogP contribution in [0.5, 0.6) is 0 Å². The lowest BCUT2D eigenvalue weighted by Gasteiger charge is -2.31. The highest BCUT2D eigenvalue weighted by Crippen LogP contribution is 2.28. The predicted molar refractivity (Wildman–Crippen MR) is 131 cm³/mol. The molecule has 1 fully saturated rings. The summed E-state index contributed by atoms with van der Waals surface area (Å²) in [6.45, 7) is 8.63. The van der Waals surface area contributed by atoms with Crippen LogP contribution in [0.1, 0.15) is 76.1 Å². The molecule has 1 saturated heterocycles. The number of rotatable bonds is 16. The van der Waals surface area contributed by atoms with Crippen molar-refractivity contribution in [2.24, 2.45) is 0 Å². The third-order valence-corrected chi connectivity index (χ3v) is 5.87. The van der Waals surface area contributed by atoms with E-state index < -0.39 is 24.5 Å². The predicted octanol–water partition coefficient (Wildman–Crippen LogP) is 5.16. The van der Waals surface area contributed by atoms with Crippen LogP contribution in [0.25, 0.3) is 0 Å². The van der Waals surface area contributed by atoms with Crippen LogP contribution in [0.4, 0.5) is 0 Å². The molecular formula is C27H44O7. The first-order chi connectivity index (χ1) is 16.6. The average molecular weight is 481 g/mol. The number of carbonyl (C=O) groups is 1. The monoisotopic (exact) mass is 480 g/mol. The zero-order chi connectivity index (χ0) is 24.6. The third-order valence-electron chi connectivity index (χ3n) is 5.87. The van der Waals surface area contributed by atoms with E-state index in [0.717, 1.165) is 38.5 Å². The van der Waals surface area contributed by atoms with Gasteiger partial charge in [0, 0.05) is 33.4 Å². The van der Waals surface area contributed by atoms with Crippen molar-refractivity contribution in [2.75, 3.05) is 33.5 Å². The first-order valence-corrected chi connectivity index (χ1v) is 12.9. The Morgan fingerprint density at radius 2 is 1.56 bits per heavy atom. The van der Waals surface area contributed by atoms with Crippen LogP contribution in [-0.2, 0) is 28.4 Å². The Kier molecular flexibility index (Phi) is 14.4. The fraction of sp³-hybridized carbons (Fsp3) is 0.741. The lowest BCUT2D eigenvalue weighted by molar-refractivity contribution is -0.223. The molecule has 1 heterocycles. The van der Waals surface area contributed by atoms with Gasteiger partial charge < -0.3 is 28.4 Å². The quantitative estimate of drug-likeness (QED) is 0.239. The summed E-state index contributed by atoms with van der Waals surface area (Å²) in [5.41, 5.74) is 0.486. The molecule has 7 heteroatoms. The number of methoxy groups -OCH3 is 1. The lowest BCUT2D eigenvalue weighted by Crippen LogP contribution is -2.44. The molecule has 2 rings (SSSR count). The van der Waals surface area contributed by atoms with E-state index in [2.05, 4.69) is 20.8 Å². The van der Waals surface area contributed by atoms with Crippen molar-refractivity contribution in [3.05, 3.63) is 35.9 Å². The molecule has 0 radical (unpaired) electrons. The number of unbranched alkanes of at least 4 members (excludes halogenated alkanes) is 3. The molecule has 1 aromatic rings. The molecule has 7 nitrogen and oxygen atoms in total.